The lowest BCUT2D eigenvalue weighted by atomic mass is 10.4. The van der Waals surface area contributed by atoms with E-state index in [0.29, 0.717) is 0 Å². The Bertz CT molecular complexity index is 503. The van der Waals surface area contributed by atoms with Gasteiger partial charge in [-0.1, -0.05) is 30.4 Å². The predicted octanol–water partition coefficient (Wildman–Crippen LogP) is 3.91. The summed E-state index contributed by atoms with van der Waals surface area (Å²) in [6.07, 6.45) is 4.75. The van der Waals surface area contributed by atoms with Crippen molar-refractivity contribution in [1.29, 1.82) is 0 Å². The van der Waals surface area contributed by atoms with Crippen LogP contribution in [0.2, 0.25) is 0 Å². The summed E-state index contributed by atoms with van der Waals surface area (Å²) in [5.41, 5.74) is 0. The SMILES string of the molecule is CCCNc1cc(SCc2ccco2)nc(SC)n1. The van der Waals surface area contributed by atoms with Crippen LogP contribution in [-0.4, -0.2) is 22.8 Å². The van der Waals surface area contributed by atoms with Crippen LogP contribution >= 0.6 is 23.5 Å². The highest BCUT2D eigenvalue weighted by atomic mass is 32.2. The Hall–Kier alpha value is -1.14. The number of nitrogens with zero attached hydrogens (tertiary/aromatic N) is 2. The predicted molar refractivity (Wildman–Crippen MR) is 80.9 cm³/mol. The lowest BCUT2D eigenvalue weighted by molar-refractivity contribution is 0.530. The van der Waals surface area contributed by atoms with Crippen molar-refractivity contribution in [2.24, 2.45) is 0 Å². The Labute approximate surface area is 121 Å². The number of hydrogen-bond donors (Lipinski definition) is 1. The first kappa shape index (κ1) is 14.3. The second-order valence-corrected chi connectivity index (χ2v) is 5.64. The number of nitrogens with one attached hydrogen (secondary N) is 1. The number of rotatable bonds is 7. The van der Waals surface area contributed by atoms with E-state index in [-0.39, 0.29) is 0 Å². The Morgan fingerprint density at radius 2 is 2.26 bits per heavy atom. The van der Waals surface area contributed by atoms with E-state index in [1.54, 1.807) is 29.8 Å². The Balaban J connectivity index is 2.05. The smallest absolute Gasteiger partial charge is 0.190 e. The molecule has 2 aromatic heterocycles. The van der Waals surface area contributed by atoms with Crippen LogP contribution in [0.3, 0.4) is 0 Å². The molecular weight excluding hydrogens is 278 g/mol. The maximum absolute atomic E-state index is 5.32. The van der Waals surface area contributed by atoms with Gasteiger partial charge in [-0.2, -0.15) is 0 Å². The van der Waals surface area contributed by atoms with Gasteiger partial charge in [-0.05, 0) is 24.8 Å². The summed E-state index contributed by atoms with van der Waals surface area (Å²) < 4.78 is 5.32. The largest absolute Gasteiger partial charge is 0.468 e. The van der Waals surface area contributed by atoms with Crippen LogP contribution in [0.5, 0.6) is 0 Å². The third-order valence-electron chi connectivity index (χ3n) is 2.36. The third-order valence-corrected chi connectivity index (χ3v) is 3.84. The van der Waals surface area contributed by atoms with Gasteiger partial charge in [0.15, 0.2) is 5.16 Å². The molecule has 2 rings (SSSR count). The van der Waals surface area contributed by atoms with Crippen LogP contribution in [-0.2, 0) is 5.75 Å². The first-order chi connectivity index (χ1) is 9.31. The molecule has 0 aliphatic rings. The van der Waals surface area contributed by atoms with Crippen LogP contribution in [0.4, 0.5) is 5.82 Å². The van der Waals surface area contributed by atoms with E-state index in [0.717, 1.165) is 40.5 Å². The minimum absolute atomic E-state index is 0.783. The van der Waals surface area contributed by atoms with E-state index in [1.165, 1.54) is 0 Å². The highest BCUT2D eigenvalue weighted by molar-refractivity contribution is 7.99. The van der Waals surface area contributed by atoms with Crippen molar-refractivity contribution in [3.8, 4) is 0 Å². The van der Waals surface area contributed by atoms with E-state index < -0.39 is 0 Å². The maximum atomic E-state index is 5.32. The number of hydrogen-bond acceptors (Lipinski definition) is 6. The van der Waals surface area contributed by atoms with Gasteiger partial charge in [-0.15, -0.1) is 0 Å². The summed E-state index contributed by atoms with van der Waals surface area (Å²) in [5.74, 6) is 2.63. The Kier molecular flexibility index (Phi) is 5.60. The quantitative estimate of drug-likeness (QED) is 0.475. The normalized spacial score (nSPS) is 10.6. The fourth-order valence-corrected chi connectivity index (χ4v) is 2.69. The van der Waals surface area contributed by atoms with Crippen molar-refractivity contribution in [2.45, 2.75) is 29.3 Å². The number of aromatic nitrogens is 2. The molecule has 0 unspecified atom stereocenters. The van der Waals surface area contributed by atoms with Gasteiger partial charge in [0, 0.05) is 12.6 Å². The van der Waals surface area contributed by atoms with Crippen molar-refractivity contribution >= 4 is 29.3 Å². The Morgan fingerprint density at radius 3 is 2.95 bits per heavy atom. The van der Waals surface area contributed by atoms with Gasteiger partial charge in [0.2, 0.25) is 0 Å². The molecule has 0 radical (unpaired) electrons. The van der Waals surface area contributed by atoms with Gasteiger partial charge >= 0.3 is 0 Å². The molecule has 0 aliphatic carbocycles. The highest BCUT2D eigenvalue weighted by Crippen LogP contribution is 2.25. The van der Waals surface area contributed by atoms with Crippen LogP contribution in [0.25, 0.3) is 0 Å². The minimum Gasteiger partial charge on any atom is -0.468 e. The average Bonchev–Trinajstić information content (AvgIpc) is 2.96. The molecule has 0 saturated heterocycles. The van der Waals surface area contributed by atoms with Gasteiger partial charge in [0.05, 0.1) is 12.0 Å². The molecule has 2 heterocycles. The van der Waals surface area contributed by atoms with Crippen molar-refractivity contribution in [3.63, 3.8) is 0 Å². The average molecular weight is 295 g/mol. The first-order valence-corrected chi connectivity index (χ1v) is 8.35. The molecule has 0 atom stereocenters. The molecule has 0 fully saturated rings. The van der Waals surface area contributed by atoms with E-state index in [9.17, 15) is 0 Å². The van der Waals surface area contributed by atoms with Gasteiger partial charge in [0.25, 0.3) is 0 Å². The van der Waals surface area contributed by atoms with Crippen molar-refractivity contribution in [2.75, 3.05) is 18.1 Å². The van der Waals surface area contributed by atoms with E-state index in [1.807, 2.05) is 24.5 Å². The van der Waals surface area contributed by atoms with E-state index in [2.05, 4.69) is 22.2 Å². The molecule has 0 spiro atoms. The second kappa shape index (κ2) is 7.45. The summed E-state index contributed by atoms with van der Waals surface area (Å²) in [6.45, 7) is 3.06. The van der Waals surface area contributed by atoms with Crippen molar-refractivity contribution in [3.05, 3.63) is 30.2 Å². The van der Waals surface area contributed by atoms with Gasteiger partial charge in [0.1, 0.15) is 16.6 Å². The van der Waals surface area contributed by atoms with E-state index >= 15 is 0 Å². The minimum atomic E-state index is 0.783. The number of furan rings is 1. The molecule has 4 nitrogen and oxygen atoms in total. The van der Waals surface area contributed by atoms with Gasteiger partial charge in [-0.3, -0.25) is 0 Å². The van der Waals surface area contributed by atoms with Crippen molar-refractivity contribution < 1.29 is 4.42 Å². The first-order valence-electron chi connectivity index (χ1n) is 6.14. The summed E-state index contributed by atoms with van der Waals surface area (Å²) in [4.78, 5) is 8.93. The maximum Gasteiger partial charge on any atom is 0.190 e. The fraction of sp³-hybridized carbons (Fsp3) is 0.385. The molecule has 0 bridgehead atoms. The number of anilines is 1. The van der Waals surface area contributed by atoms with E-state index in [4.69, 9.17) is 4.42 Å². The molecule has 102 valence electrons. The summed E-state index contributed by atoms with van der Waals surface area (Å²) in [7, 11) is 0. The standard InChI is InChI=1S/C13H17N3OS2/c1-3-6-14-11-8-12(16-13(15-11)18-2)19-9-10-5-4-7-17-10/h4-5,7-8H,3,6,9H2,1-2H3,(H,14,15,16). The molecule has 6 heteroatoms. The topological polar surface area (TPSA) is 51.0 Å². The van der Waals surface area contributed by atoms with Gasteiger partial charge in [-0.25, -0.2) is 9.97 Å². The summed E-state index contributed by atoms with van der Waals surface area (Å²) in [6, 6.07) is 5.86. The molecule has 0 amide bonds. The zero-order valence-electron chi connectivity index (χ0n) is 11.0. The Morgan fingerprint density at radius 1 is 1.37 bits per heavy atom. The summed E-state index contributed by atoms with van der Waals surface area (Å²) >= 11 is 3.21. The molecular formula is C13H17N3OS2. The van der Waals surface area contributed by atoms with Crippen molar-refractivity contribution in [1.82, 2.24) is 9.97 Å². The molecule has 19 heavy (non-hydrogen) atoms. The lowest BCUT2D eigenvalue weighted by Crippen LogP contribution is -2.03. The van der Waals surface area contributed by atoms with Crippen LogP contribution < -0.4 is 5.32 Å². The monoisotopic (exact) mass is 295 g/mol. The van der Waals surface area contributed by atoms with Gasteiger partial charge < -0.3 is 9.73 Å². The van der Waals surface area contributed by atoms with Crippen LogP contribution in [0, 0.1) is 0 Å². The second-order valence-electron chi connectivity index (χ2n) is 3.87. The zero-order valence-corrected chi connectivity index (χ0v) is 12.7. The molecule has 0 aromatic carbocycles. The van der Waals surface area contributed by atoms with Crippen LogP contribution in [0.15, 0.2) is 39.1 Å². The fourth-order valence-electron chi connectivity index (χ4n) is 1.45. The molecule has 1 N–H and O–H groups in total. The third kappa shape index (κ3) is 4.47. The summed E-state index contributed by atoms with van der Waals surface area (Å²) in [5, 5.41) is 5.06. The molecule has 0 aliphatic heterocycles. The molecule has 2 aromatic rings. The highest BCUT2D eigenvalue weighted by Gasteiger charge is 2.05. The lowest BCUT2D eigenvalue weighted by Gasteiger charge is -2.07. The molecule has 0 saturated carbocycles. The van der Waals surface area contributed by atoms with Crippen LogP contribution in [0.1, 0.15) is 19.1 Å². The zero-order chi connectivity index (χ0) is 13.5. The number of thioether (sulfide) groups is 2.